The Morgan fingerprint density at radius 3 is 2.57 bits per heavy atom. The van der Waals surface area contributed by atoms with E-state index in [-0.39, 0.29) is 17.8 Å². The molecule has 3 rings (SSSR count). The van der Waals surface area contributed by atoms with E-state index in [0.717, 1.165) is 51.7 Å². The van der Waals surface area contributed by atoms with E-state index in [1.807, 2.05) is 4.90 Å². The number of carbonyl (C=O) groups excluding carboxylic acids is 2. The number of nitrogens with one attached hydrogen (secondary N) is 1. The third-order valence-corrected chi connectivity index (χ3v) is 4.63. The van der Waals surface area contributed by atoms with Crippen LogP contribution in [0.25, 0.3) is 0 Å². The number of carbonyl (C=O) groups is 2. The molecule has 3 heterocycles. The number of terminal acetylenes is 1. The molecule has 0 spiro atoms. The van der Waals surface area contributed by atoms with Gasteiger partial charge in [-0.05, 0) is 37.8 Å². The number of aliphatic imine (C=N–C) groups is 1. The van der Waals surface area contributed by atoms with Crippen LogP contribution in [0.5, 0.6) is 0 Å². The first kappa shape index (κ1) is 24.6. The average molecular weight is 415 g/mol. The molecule has 2 amide bonds. The zero-order chi connectivity index (χ0) is 22.2. The molecule has 9 nitrogen and oxygen atoms in total. The normalized spacial score (nSPS) is 16.3. The van der Waals surface area contributed by atoms with Gasteiger partial charge >= 0.3 is 0 Å². The fraction of sp³-hybridized carbons (Fsp3) is 0.524. The predicted octanol–water partition coefficient (Wildman–Crippen LogP) is 1.43. The summed E-state index contributed by atoms with van der Waals surface area (Å²) in [7, 11) is 0. The summed E-state index contributed by atoms with van der Waals surface area (Å²) in [5, 5.41) is 10.3. The molecule has 0 unspecified atom stereocenters. The third-order valence-electron chi connectivity index (χ3n) is 4.63. The maximum atomic E-state index is 11.9. The van der Waals surface area contributed by atoms with Gasteiger partial charge in [0.25, 0.3) is 0 Å². The summed E-state index contributed by atoms with van der Waals surface area (Å²) in [6, 6.07) is 3.54. The van der Waals surface area contributed by atoms with Gasteiger partial charge in [-0.3, -0.25) is 14.9 Å². The Morgan fingerprint density at radius 2 is 1.93 bits per heavy atom. The summed E-state index contributed by atoms with van der Waals surface area (Å²) in [6.07, 6.45) is 17.2. The number of amides is 2. The minimum atomic E-state index is 0.0916. The lowest BCUT2D eigenvalue weighted by molar-refractivity contribution is -0.139. The van der Waals surface area contributed by atoms with Crippen molar-refractivity contribution in [1.29, 1.82) is 5.26 Å². The number of guanidine groups is 1. The molecule has 162 valence electrons. The molecular formula is C21H30N6O3. The van der Waals surface area contributed by atoms with Gasteiger partial charge in [0.1, 0.15) is 12.3 Å². The molecule has 2 aliphatic heterocycles. The van der Waals surface area contributed by atoms with Crippen LogP contribution in [-0.4, -0.2) is 53.8 Å². The van der Waals surface area contributed by atoms with Crippen molar-refractivity contribution in [2.75, 3.05) is 26.2 Å². The number of hydrogen-bond acceptors (Lipinski definition) is 5. The second kappa shape index (κ2) is 14.5. The van der Waals surface area contributed by atoms with Crippen LogP contribution >= 0.6 is 0 Å². The Balaban J connectivity index is 0.000000287. The van der Waals surface area contributed by atoms with Crippen LogP contribution in [0.3, 0.4) is 0 Å². The fourth-order valence-corrected chi connectivity index (χ4v) is 3.10. The summed E-state index contributed by atoms with van der Waals surface area (Å²) in [4.78, 5) is 31.1. The van der Waals surface area contributed by atoms with Gasteiger partial charge in [0.05, 0.1) is 12.8 Å². The van der Waals surface area contributed by atoms with Crippen molar-refractivity contribution in [2.24, 2.45) is 10.7 Å². The molecule has 1 aromatic heterocycles. The lowest BCUT2D eigenvalue weighted by Crippen LogP contribution is -2.41. The van der Waals surface area contributed by atoms with Crippen LogP contribution in [0.4, 0.5) is 0 Å². The Kier molecular flexibility index (Phi) is 11.9. The number of rotatable bonds is 4. The van der Waals surface area contributed by atoms with Gasteiger partial charge in [-0.15, -0.1) is 12.8 Å². The quantitative estimate of drug-likeness (QED) is 0.252. The van der Waals surface area contributed by atoms with Crippen molar-refractivity contribution < 1.29 is 14.0 Å². The SMILES string of the molecule is C#C.N#CNC(N)=NCc1ccco1.O=C(CN1CCCCCC1=O)N1CCCC1. The first-order valence-corrected chi connectivity index (χ1v) is 9.96. The molecular weight excluding hydrogens is 384 g/mol. The minimum Gasteiger partial charge on any atom is -0.467 e. The summed E-state index contributed by atoms with van der Waals surface area (Å²) >= 11 is 0. The van der Waals surface area contributed by atoms with E-state index in [2.05, 4.69) is 23.2 Å². The Labute approximate surface area is 177 Å². The predicted molar refractivity (Wildman–Crippen MR) is 114 cm³/mol. The summed E-state index contributed by atoms with van der Waals surface area (Å²) in [6.45, 7) is 3.16. The highest BCUT2D eigenvalue weighted by Gasteiger charge is 2.23. The molecule has 2 fully saturated rings. The van der Waals surface area contributed by atoms with Crippen LogP contribution in [0.2, 0.25) is 0 Å². The van der Waals surface area contributed by atoms with Crippen LogP contribution in [0.15, 0.2) is 27.8 Å². The molecule has 30 heavy (non-hydrogen) atoms. The zero-order valence-corrected chi connectivity index (χ0v) is 17.3. The van der Waals surface area contributed by atoms with Crippen LogP contribution in [0.1, 0.15) is 44.3 Å². The van der Waals surface area contributed by atoms with Crippen molar-refractivity contribution in [3.8, 4) is 19.0 Å². The van der Waals surface area contributed by atoms with Gasteiger partial charge < -0.3 is 20.0 Å². The van der Waals surface area contributed by atoms with E-state index in [1.54, 1.807) is 29.5 Å². The van der Waals surface area contributed by atoms with E-state index in [1.165, 1.54) is 0 Å². The monoisotopic (exact) mass is 414 g/mol. The lowest BCUT2D eigenvalue weighted by atomic mass is 10.2. The molecule has 0 radical (unpaired) electrons. The van der Waals surface area contributed by atoms with E-state index >= 15 is 0 Å². The Hall–Kier alpha value is -3.46. The Morgan fingerprint density at radius 1 is 1.23 bits per heavy atom. The topological polar surface area (TPSA) is 128 Å². The first-order valence-electron chi connectivity index (χ1n) is 9.96. The van der Waals surface area contributed by atoms with E-state index in [0.29, 0.717) is 25.3 Å². The largest absolute Gasteiger partial charge is 0.467 e. The van der Waals surface area contributed by atoms with Crippen molar-refractivity contribution in [3.05, 3.63) is 24.2 Å². The molecule has 0 saturated carbocycles. The van der Waals surface area contributed by atoms with Crippen molar-refractivity contribution >= 4 is 17.8 Å². The number of furan rings is 1. The van der Waals surface area contributed by atoms with E-state index in [9.17, 15) is 9.59 Å². The summed E-state index contributed by atoms with van der Waals surface area (Å²) in [5.74, 6) is 1.09. The molecule has 1 aromatic rings. The van der Waals surface area contributed by atoms with Crippen LogP contribution < -0.4 is 11.1 Å². The second-order valence-electron chi connectivity index (χ2n) is 6.73. The van der Waals surface area contributed by atoms with Gasteiger partial charge in [0, 0.05) is 26.1 Å². The molecule has 2 saturated heterocycles. The highest BCUT2D eigenvalue weighted by atomic mass is 16.3. The third kappa shape index (κ3) is 9.16. The number of nitrogens with two attached hydrogens (primary N) is 1. The smallest absolute Gasteiger partial charge is 0.242 e. The maximum Gasteiger partial charge on any atom is 0.242 e. The molecule has 0 aromatic carbocycles. The maximum absolute atomic E-state index is 11.9. The van der Waals surface area contributed by atoms with Crippen LogP contribution in [0, 0.1) is 24.3 Å². The number of likely N-dealkylation sites (tertiary alicyclic amines) is 2. The summed E-state index contributed by atoms with van der Waals surface area (Å²) < 4.78 is 4.99. The lowest BCUT2D eigenvalue weighted by Gasteiger charge is -2.23. The average Bonchev–Trinajstić information content (AvgIpc) is 3.44. The van der Waals surface area contributed by atoms with E-state index in [4.69, 9.17) is 15.4 Å². The van der Waals surface area contributed by atoms with Crippen molar-refractivity contribution in [1.82, 2.24) is 15.1 Å². The first-order chi connectivity index (χ1) is 14.6. The Bertz CT molecular complexity index is 730. The van der Waals surface area contributed by atoms with Gasteiger partial charge in [0.15, 0.2) is 6.19 Å². The van der Waals surface area contributed by atoms with Gasteiger partial charge in [-0.2, -0.15) is 5.26 Å². The standard InChI is InChI=1S/C12H20N2O2.C7H8N4O.C2H2/c15-11-6-2-1-3-9-14(11)10-12(16)13-7-4-5-8-13;8-5-11-7(9)10-4-6-2-1-3-12-6;1-2/h1-10H2;1-3H,4H2,(H3,9,10,11);1-2H. The minimum absolute atomic E-state index is 0.0916. The van der Waals surface area contributed by atoms with Crippen molar-refractivity contribution in [3.63, 3.8) is 0 Å². The van der Waals surface area contributed by atoms with Gasteiger partial charge in [-0.25, -0.2) is 4.99 Å². The summed E-state index contributed by atoms with van der Waals surface area (Å²) in [5.41, 5.74) is 5.28. The number of hydrogen-bond donors (Lipinski definition) is 2. The van der Waals surface area contributed by atoms with Crippen LogP contribution in [-0.2, 0) is 16.1 Å². The highest BCUT2D eigenvalue weighted by Crippen LogP contribution is 2.13. The van der Waals surface area contributed by atoms with E-state index < -0.39 is 0 Å². The zero-order valence-electron chi connectivity index (χ0n) is 17.3. The number of nitriles is 1. The molecule has 9 heteroatoms. The molecule has 0 bridgehead atoms. The highest BCUT2D eigenvalue weighted by molar-refractivity contribution is 5.85. The fourth-order valence-electron chi connectivity index (χ4n) is 3.10. The molecule has 2 aliphatic rings. The van der Waals surface area contributed by atoms with Gasteiger partial charge in [-0.1, -0.05) is 6.42 Å². The second-order valence-corrected chi connectivity index (χ2v) is 6.73. The molecule has 3 N–H and O–H groups in total. The molecule has 0 aliphatic carbocycles. The van der Waals surface area contributed by atoms with Gasteiger partial charge in [0.2, 0.25) is 17.8 Å². The molecule has 0 atom stereocenters. The number of nitrogens with zero attached hydrogens (tertiary/aromatic N) is 4. The van der Waals surface area contributed by atoms with Crippen molar-refractivity contribution in [2.45, 2.75) is 45.1 Å².